The minimum Gasteiger partial charge on any atom is -0.376 e. The first-order chi connectivity index (χ1) is 10.3. The monoisotopic (exact) mass is 305 g/mol. The number of hydrogen-bond acceptors (Lipinski definition) is 4. The van der Waals surface area contributed by atoms with Crippen LogP contribution in [0.1, 0.15) is 18.4 Å². The van der Waals surface area contributed by atoms with E-state index in [4.69, 9.17) is 4.74 Å². The van der Waals surface area contributed by atoms with Gasteiger partial charge in [-0.3, -0.25) is 4.57 Å². The minimum atomic E-state index is -0.146. The molecule has 1 N–H and O–H groups in total. The molecule has 0 saturated carbocycles. The molecule has 0 radical (unpaired) electrons. The summed E-state index contributed by atoms with van der Waals surface area (Å²) in [5.74, 6) is 0.903. The Bertz CT molecular complexity index is 617. The van der Waals surface area contributed by atoms with E-state index in [9.17, 15) is 4.79 Å². The zero-order chi connectivity index (χ0) is 14.5. The second-order valence-electron chi connectivity index (χ2n) is 5.14. The lowest BCUT2D eigenvalue weighted by Gasteiger charge is -2.10. The van der Waals surface area contributed by atoms with Gasteiger partial charge in [0.15, 0.2) is 5.16 Å². The van der Waals surface area contributed by atoms with Crippen molar-refractivity contribution in [1.82, 2.24) is 14.8 Å². The molecule has 0 bridgehead atoms. The van der Waals surface area contributed by atoms with Gasteiger partial charge in [0.2, 0.25) is 0 Å². The van der Waals surface area contributed by atoms with E-state index in [0.717, 1.165) is 36.8 Å². The summed E-state index contributed by atoms with van der Waals surface area (Å²) in [6.07, 6.45) is 3.21. The van der Waals surface area contributed by atoms with Crippen molar-refractivity contribution in [3.8, 4) is 0 Å². The number of aromatic amines is 1. The van der Waals surface area contributed by atoms with Crippen molar-refractivity contribution in [1.29, 1.82) is 0 Å². The van der Waals surface area contributed by atoms with Gasteiger partial charge in [0.25, 0.3) is 0 Å². The Labute approximate surface area is 127 Å². The lowest BCUT2D eigenvalue weighted by Crippen LogP contribution is -2.25. The fourth-order valence-electron chi connectivity index (χ4n) is 2.47. The summed E-state index contributed by atoms with van der Waals surface area (Å²) in [7, 11) is 0. The first kappa shape index (κ1) is 14.4. The standard InChI is InChI=1S/C15H19N3O2S/c19-14-16-17-15(18(14)11-13-7-4-9-20-13)21-10-8-12-5-2-1-3-6-12/h1-3,5-6,13H,4,7-11H2,(H,16,19). The fourth-order valence-corrected chi connectivity index (χ4v) is 3.42. The van der Waals surface area contributed by atoms with E-state index in [-0.39, 0.29) is 11.8 Å². The average Bonchev–Trinajstić information content (AvgIpc) is 3.13. The quantitative estimate of drug-likeness (QED) is 0.830. The van der Waals surface area contributed by atoms with Gasteiger partial charge >= 0.3 is 5.69 Å². The van der Waals surface area contributed by atoms with Crippen LogP contribution in [-0.4, -0.2) is 33.2 Å². The number of nitrogens with zero attached hydrogens (tertiary/aromatic N) is 2. The van der Waals surface area contributed by atoms with Gasteiger partial charge in [-0.2, -0.15) is 0 Å². The van der Waals surface area contributed by atoms with Crippen LogP contribution in [0.2, 0.25) is 0 Å². The summed E-state index contributed by atoms with van der Waals surface area (Å²) in [5, 5.41) is 7.42. The summed E-state index contributed by atoms with van der Waals surface area (Å²) in [4.78, 5) is 11.8. The van der Waals surface area contributed by atoms with Crippen LogP contribution in [0.5, 0.6) is 0 Å². The predicted molar refractivity (Wildman–Crippen MR) is 82.7 cm³/mol. The predicted octanol–water partition coefficient (Wildman–Crippen LogP) is 2.09. The third-order valence-corrected chi connectivity index (χ3v) is 4.58. The lowest BCUT2D eigenvalue weighted by atomic mass is 10.2. The number of ether oxygens (including phenoxy) is 1. The molecule has 5 nitrogen and oxygen atoms in total. The maximum absolute atomic E-state index is 11.8. The van der Waals surface area contributed by atoms with Crippen molar-refractivity contribution in [2.24, 2.45) is 0 Å². The second-order valence-corrected chi connectivity index (χ2v) is 6.20. The number of aromatic nitrogens is 3. The van der Waals surface area contributed by atoms with Crippen molar-refractivity contribution in [2.45, 2.75) is 37.1 Å². The lowest BCUT2D eigenvalue weighted by molar-refractivity contribution is 0.0941. The van der Waals surface area contributed by atoms with Crippen LogP contribution in [0.25, 0.3) is 0 Å². The summed E-state index contributed by atoms with van der Waals surface area (Å²) in [5.41, 5.74) is 1.15. The smallest absolute Gasteiger partial charge is 0.344 e. The third kappa shape index (κ3) is 3.77. The molecule has 1 atom stereocenters. The van der Waals surface area contributed by atoms with Crippen LogP contribution in [0.15, 0.2) is 40.3 Å². The summed E-state index contributed by atoms with van der Waals surface area (Å²) >= 11 is 1.61. The zero-order valence-electron chi connectivity index (χ0n) is 11.8. The van der Waals surface area contributed by atoms with Crippen molar-refractivity contribution in [2.75, 3.05) is 12.4 Å². The maximum Gasteiger partial charge on any atom is 0.344 e. The molecule has 2 aromatic rings. The average molecular weight is 305 g/mol. The summed E-state index contributed by atoms with van der Waals surface area (Å²) in [6.45, 7) is 1.40. The van der Waals surface area contributed by atoms with E-state index >= 15 is 0 Å². The number of benzene rings is 1. The summed E-state index contributed by atoms with van der Waals surface area (Å²) < 4.78 is 7.30. The van der Waals surface area contributed by atoms with Crippen molar-refractivity contribution in [3.05, 3.63) is 46.4 Å². The highest BCUT2D eigenvalue weighted by Gasteiger charge is 2.19. The van der Waals surface area contributed by atoms with Crippen LogP contribution in [0, 0.1) is 0 Å². The van der Waals surface area contributed by atoms with E-state index in [1.807, 2.05) is 18.2 Å². The second kappa shape index (κ2) is 6.95. The molecule has 3 rings (SSSR count). The Morgan fingerprint density at radius 1 is 1.38 bits per heavy atom. The third-order valence-electron chi connectivity index (χ3n) is 3.60. The van der Waals surface area contributed by atoms with Gasteiger partial charge in [-0.1, -0.05) is 42.1 Å². The highest BCUT2D eigenvalue weighted by molar-refractivity contribution is 7.99. The minimum absolute atomic E-state index is 0.146. The molecule has 1 aromatic carbocycles. The van der Waals surface area contributed by atoms with E-state index in [2.05, 4.69) is 22.3 Å². The van der Waals surface area contributed by atoms with E-state index in [1.54, 1.807) is 16.3 Å². The Balaban J connectivity index is 1.59. The van der Waals surface area contributed by atoms with Gasteiger partial charge in [-0.25, -0.2) is 9.89 Å². The maximum atomic E-state index is 11.8. The number of rotatable bonds is 6. The Hall–Kier alpha value is -1.53. The van der Waals surface area contributed by atoms with E-state index < -0.39 is 0 Å². The largest absolute Gasteiger partial charge is 0.376 e. The topological polar surface area (TPSA) is 59.9 Å². The molecule has 1 unspecified atom stereocenters. The first-order valence-corrected chi connectivity index (χ1v) is 8.25. The first-order valence-electron chi connectivity index (χ1n) is 7.26. The van der Waals surface area contributed by atoms with Crippen LogP contribution in [-0.2, 0) is 17.7 Å². The van der Waals surface area contributed by atoms with E-state index in [0.29, 0.717) is 6.54 Å². The number of nitrogens with one attached hydrogen (secondary N) is 1. The van der Waals surface area contributed by atoms with Crippen molar-refractivity contribution in [3.63, 3.8) is 0 Å². The summed E-state index contributed by atoms with van der Waals surface area (Å²) in [6, 6.07) is 10.3. The van der Waals surface area contributed by atoms with Crippen molar-refractivity contribution < 1.29 is 4.74 Å². The molecule has 112 valence electrons. The van der Waals surface area contributed by atoms with E-state index in [1.165, 1.54) is 5.56 Å². The molecule has 1 aromatic heterocycles. The highest BCUT2D eigenvalue weighted by Crippen LogP contribution is 2.18. The fraction of sp³-hybridized carbons (Fsp3) is 0.467. The van der Waals surface area contributed by atoms with Crippen LogP contribution >= 0.6 is 11.8 Å². The SMILES string of the molecule is O=c1[nH]nc(SCCc2ccccc2)n1CC1CCCO1. The Kier molecular flexibility index (Phi) is 4.77. The van der Waals surface area contributed by atoms with Gasteiger partial charge < -0.3 is 4.74 Å². The van der Waals surface area contributed by atoms with Gasteiger partial charge in [-0.05, 0) is 24.8 Å². The number of H-pyrrole nitrogens is 1. The Morgan fingerprint density at radius 2 is 2.24 bits per heavy atom. The molecule has 21 heavy (non-hydrogen) atoms. The van der Waals surface area contributed by atoms with Crippen LogP contribution in [0.3, 0.4) is 0 Å². The molecule has 6 heteroatoms. The molecule has 0 spiro atoms. The molecule has 1 aliphatic heterocycles. The zero-order valence-corrected chi connectivity index (χ0v) is 12.6. The molecule has 1 saturated heterocycles. The molecule has 0 aliphatic carbocycles. The Morgan fingerprint density at radius 3 is 3.00 bits per heavy atom. The van der Waals surface area contributed by atoms with Crippen LogP contribution < -0.4 is 5.69 Å². The molecular weight excluding hydrogens is 286 g/mol. The number of thioether (sulfide) groups is 1. The van der Waals surface area contributed by atoms with Gasteiger partial charge in [-0.15, -0.1) is 5.10 Å². The molecular formula is C15H19N3O2S. The van der Waals surface area contributed by atoms with Gasteiger partial charge in [0.1, 0.15) is 0 Å². The van der Waals surface area contributed by atoms with Crippen LogP contribution in [0.4, 0.5) is 0 Å². The number of aryl methyl sites for hydroxylation is 1. The normalized spacial score (nSPS) is 18.2. The highest BCUT2D eigenvalue weighted by atomic mass is 32.2. The molecule has 1 fully saturated rings. The van der Waals surface area contributed by atoms with Gasteiger partial charge in [0, 0.05) is 12.4 Å². The van der Waals surface area contributed by atoms with Gasteiger partial charge in [0.05, 0.1) is 12.6 Å². The molecule has 2 heterocycles. The molecule has 1 aliphatic rings. The van der Waals surface area contributed by atoms with Crippen molar-refractivity contribution >= 4 is 11.8 Å². The number of hydrogen-bond donors (Lipinski definition) is 1. The molecule has 0 amide bonds.